The maximum absolute atomic E-state index is 12.3. The van der Waals surface area contributed by atoms with Crippen molar-refractivity contribution in [3.05, 3.63) is 59.7 Å². The molecule has 2 aromatic rings. The molecule has 0 aliphatic rings. The minimum atomic E-state index is -0.894. The van der Waals surface area contributed by atoms with Gasteiger partial charge in [-0.2, -0.15) is 0 Å². The molecular formula is C28H36O10. The molecule has 0 spiro atoms. The van der Waals surface area contributed by atoms with Gasteiger partial charge in [-0.3, -0.25) is 19.2 Å². The van der Waals surface area contributed by atoms with Gasteiger partial charge >= 0.3 is 23.9 Å². The summed E-state index contributed by atoms with van der Waals surface area (Å²) in [6.45, 7) is 7.05. The first-order valence-electron chi connectivity index (χ1n) is 11.6. The van der Waals surface area contributed by atoms with Crippen molar-refractivity contribution in [1.29, 1.82) is 0 Å². The highest BCUT2D eigenvalue weighted by Gasteiger charge is 2.30. The number of rotatable bonds is 10. The summed E-state index contributed by atoms with van der Waals surface area (Å²) in [5.74, 6) is -1.05. The van der Waals surface area contributed by atoms with Crippen molar-refractivity contribution in [2.75, 3.05) is 28.4 Å². The highest BCUT2D eigenvalue weighted by molar-refractivity contribution is 5.91. The van der Waals surface area contributed by atoms with Crippen LogP contribution in [0.3, 0.4) is 0 Å². The summed E-state index contributed by atoms with van der Waals surface area (Å²) < 4.78 is 29.7. The topological polar surface area (TPSA) is 124 Å². The van der Waals surface area contributed by atoms with E-state index in [1.54, 1.807) is 66.2 Å². The minimum absolute atomic E-state index is 0.312. The van der Waals surface area contributed by atoms with Crippen molar-refractivity contribution in [2.45, 2.75) is 51.7 Å². The Morgan fingerprint density at radius 3 is 1.08 bits per heavy atom. The second-order valence-electron chi connectivity index (χ2n) is 8.93. The van der Waals surface area contributed by atoms with Crippen LogP contribution in [0.15, 0.2) is 48.5 Å². The first kappa shape index (κ1) is 31.9. The minimum Gasteiger partial charge on any atom is -0.497 e. The summed E-state index contributed by atoms with van der Waals surface area (Å²) in [7, 11) is 5.59. The fourth-order valence-corrected chi connectivity index (χ4v) is 3.12. The Morgan fingerprint density at radius 1 is 0.526 bits per heavy atom. The first-order chi connectivity index (χ1) is 17.8. The second kappa shape index (κ2) is 14.6. The number of carbonyl (C=O) groups is 4. The molecule has 38 heavy (non-hydrogen) atoms. The van der Waals surface area contributed by atoms with Gasteiger partial charge in [0.25, 0.3) is 0 Å². The largest absolute Gasteiger partial charge is 0.497 e. The number of methoxy groups -OCH3 is 4. The Hall–Kier alpha value is -4.08. The maximum Gasteiger partial charge on any atom is 0.318 e. The number of benzene rings is 2. The van der Waals surface area contributed by atoms with E-state index in [-0.39, 0.29) is 6.42 Å². The molecule has 0 amide bonds. The molecule has 0 radical (unpaired) electrons. The van der Waals surface area contributed by atoms with Gasteiger partial charge in [0.2, 0.25) is 0 Å². The number of ether oxygens (including phenoxy) is 6. The van der Waals surface area contributed by atoms with E-state index in [1.807, 2.05) is 24.3 Å². The van der Waals surface area contributed by atoms with Gasteiger partial charge in [0.1, 0.15) is 35.5 Å². The van der Waals surface area contributed by atoms with Crippen LogP contribution >= 0.6 is 0 Å². The van der Waals surface area contributed by atoms with Crippen molar-refractivity contribution < 1.29 is 47.6 Å². The lowest BCUT2D eigenvalue weighted by Gasteiger charge is -2.27. The molecule has 0 aliphatic heterocycles. The molecule has 0 aromatic heterocycles. The Morgan fingerprint density at radius 2 is 0.816 bits per heavy atom. The fourth-order valence-electron chi connectivity index (χ4n) is 3.12. The number of hydrogen-bond acceptors (Lipinski definition) is 10. The van der Waals surface area contributed by atoms with E-state index in [0.29, 0.717) is 11.5 Å². The summed E-state index contributed by atoms with van der Waals surface area (Å²) in [4.78, 5) is 45.1. The van der Waals surface area contributed by atoms with Crippen LogP contribution in [-0.4, -0.2) is 52.3 Å². The van der Waals surface area contributed by atoms with Gasteiger partial charge < -0.3 is 28.4 Å². The molecule has 0 N–H and O–H groups in total. The van der Waals surface area contributed by atoms with Crippen molar-refractivity contribution in [3.8, 4) is 11.5 Å². The second-order valence-corrected chi connectivity index (χ2v) is 8.93. The van der Waals surface area contributed by atoms with Crippen molar-refractivity contribution >= 4 is 23.9 Å². The van der Waals surface area contributed by atoms with Gasteiger partial charge in [-0.1, -0.05) is 24.3 Å². The zero-order valence-corrected chi connectivity index (χ0v) is 23.1. The van der Waals surface area contributed by atoms with E-state index in [9.17, 15) is 19.2 Å². The van der Waals surface area contributed by atoms with Crippen LogP contribution < -0.4 is 9.47 Å². The molecule has 0 fully saturated rings. The predicted octanol–water partition coefficient (Wildman–Crippen LogP) is 4.07. The fraction of sp³-hybridized carbons (Fsp3) is 0.429. The average molecular weight is 533 g/mol. The van der Waals surface area contributed by atoms with Crippen LogP contribution in [0, 0.1) is 0 Å². The summed E-state index contributed by atoms with van der Waals surface area (Å²) in [6.07, 6.45) is -0.786. The molecule has 0 heterocycles. The zero-order valence-electron chi connectivity index (χ0n) is 23.1. The van der Waals surface area contributed by atoms with Crippen LogP contribution in [0.1, 0.15) is 51.7 Å². The number of carbonyl (C=O) groups excluding carboxylic acids is 4. The van der Waals surface area contributed by atoms with Crippen LogP contribution in [0.25, 0.3) is 0 Å². The molecular weight excluding hydrogens is 496 g/mol. The Balaban J connectivity index is 0.000000686. The molecule has 0 saturated heterocycles. The lowest BCUT2D eigenvalue weighted by Crippen LogP contribution is -2.30. The summed E-state index contributed by atoms with van der Waals surface area (Å²) in [5.41, 5.74) is -0.207. The highest BCUT2D eigenvalue weighted by Crippen LogP contribution is 2.29. The van der Waals surface area contributed by atoms with E-state index in [1.165, 1.54) is 14.2 Å². The Bertz CT molecular complexity index is 984. The molecule has 208 valence electrons. The van der Waals surface area contributed by atoms with Gasteiger partial charge in [-0.25, -0.2) is 0 Å². The third-order valence-electron chi connectivity index (χ3n) is 5.34. The van der Waals surface area contributed by atoms with Crippen LogP contribution in [-0.2, 0) is 49.3 Å². The van der Waals surface area contributed by atoms with Crippen molar-refractivity contribution in [1.82, 2.24) is 0 Å². The maximum atomic E-state index is 12.3. The first-order valence-corrected chi connectivity index (χ1v) is 11.6. The van der Waals surface area contributed by atoms with E-state index in [2.05, 4.69) is 9.47 Å². The Kier molecular flexibility index (Phi) is 12.3. The van der Waals surface area contributed by atoms with E-state index < -0.39 is 41.5 Å². The predicted molar refractivity (Wildman–Crippen MR) is 137 cm³/mol. The molecule has 10 nitrogen and oxygen atoms in total. The summed E-state index contributed by atoms with van der Waals surface area (Å²) >= 11 is 0. The lowest BCUT2D eigenvalue weighted by atomic mass is 9.97. The molecule has 0 saturated carbocycles. The van der Waals surface area contributed by atoms with E-state index in [4.69, 9.17) is 18.9 Å². The van der Waals surface area contributed by atoms with Gasteiger partial charge in [0.15, 0.2) is 0 Å². The monoisotopic (exact) mass is 532 g/mol. The molecule has 0 unspecified atom stereocenters. The third-order valence-corrected chi connectivity index (χ3v) is 5.34. The lowest BCUT2D eigenvalue weighted by molar-refractivity contribution is -0.169. The van der Waals surface area contributed by atoms with Crippen molar-refractivity contribution in [2.24, 2.45) is 0 Å². The number of esters is 4. The average Bonchev–Trinajstić information content (AvgIpc) is 2.88. The summed E-state index contributed by atoms with van der Waals surface area (Å²) in [5, 5.41) is 0. The van der Waals surface area contributed by atoms with Gasteiger partial charge in [0, 0.05) is 0 Å². The zero-order chi connectivity index (χ0) is 28.9. The molecule has 0 atom stereocenters. The molecule has 0 aliphatic carbocycles. The van der Waals surface area contributed by atoms with E-state index >= 15 is 0 Å². The highest BCUT2D eigenvalue weighted by atomic mass is 16.6. The normalized spacial score (nSPS) is 10.7. The summed E-state index contributed by atoms with van der Waals surface area (Å²) in [6, 6.07) is 14.4. The van der Waals surface area contributed by atoms with Gasteiger partial charge in [-0.05, 0) is 63.1 Å². The SMILES string of the molecule is COC(=O)CC(=O)OC.COc1ccc(C(C)(C)OC(=O)CC(=O)OC(C)(C)c2ccc(OC)cc2)cc1. The van der Waals surface area contributed by atoms with Gasteiger partial charge in [-0.15, -0.1) is 0 Å². The molecule has 2 aromatic carbocycles. The molecule has 2 rings (SSSR count). The molecule has 0 bridgehead atoms. The quantitative estimate of drug-likeness (QED) is 0.251. The number of hydrogen-bond donors (Lipinski definition) is 0. The standard InChI is InChI=1S/C23H28O6.C5H8O4/c1-22(2,16-7-11-18(26-5)12-8-16)28-20(24)15-21(25)29-23(3,4)17-9-13-19(27-6)14-10-17;1-8-4(6)3-5(7)9-2/h7-14H,15H2,1-6H3;3H2,1-2H3. The van der Waals surface area contributed by atoms with Gasteiger partial charge in [0.05, 0.1) is 28.4 Å². The Labute approximate surface area is 223 Å². The smallest absolute Gasteiger partial charge is 0.318 e. The van der Waals surface area contributed by atoms with Crippen LogP contribution in [0.2, 0.25) is 0 Å². The van der Waals surface area contributed by atoms with Crippen LogP contribution in [0.5, 0.6) is 11.5 Å². The molecule has 10 heteroatoms. The third kappa shape index (κ3) is 10.5. The van der Waals surface area contributed by atoms with E-state index in [0.717, 1.165) is 11.1 Å². The van der Waals surface area contributed by atoms with Crippen LogP contribution in [0.4, 0.5) is 0 Å². The van der Waals surface area contributed by atoms with Crippen molar-refractivity contribution in [3.63, 3.8) is 0 Å².